The van der Waals surface area contributed by atoms with Gasteiger partial charge >= 0.3 is 5.97 Å². The van der Waals surface area contributed by atoms with Crippen molar-refractivity contribution in [1.82, 2.24) is 4.90 Å². The highest BCUT2D eigenvalue weighted by Crippen LogP contribution is 2.21. The average molecular weight is 307 g/mol. The summed E-state index contributed by atoms with van der Waals surface area (Å²) in [5, 5.41) is 9.24. The lowest BCUT2D eigenvalue weighted by Gasteiger charge is -2.33. The number of nitrogens with zero attached hydrogens (tertiary/aromatic N) is 1. The Morgan fingerprint density at radius 1 is 1.23 bits per heavy atom. The van der Waals surface area contributed by atoms with Gasteiger partial charge in [0, 0.05) is 19.2 Å². The van der Waals surface area contributed by atoms with Gasteiger partial charge in [-0.2, -0.15) is 0 Å². The van der Waals surface area contributed by atoms with Crippen LogP contribution in [-0.4, -0.2) is 54.8 Å². The summed E-state index contributed by atoms with van der Waals surface area (Å²) in [4.78, 5) is 25.2. The predicted octanol–water partition coefficient (Wildman–Crippen LogP) is 1.79. The Hall–Kier alpha value is -2.08. The lowest BCUT2D eigenvalue weighted by molar-refractivity contribution is -0.143. The van der Waals surface area contributed by atoms with Crippen LogP contribution >= 0.6 is 0 Å². The van der Waals surface area contributed by atoms with Crippen LogP contribution in [0.2, 0.25) is 0 Å². The first kappa shape index (κ1) is 16.3. The third kappa shape index (κ3) is 3.98. The standard InChI is InChI=1S/C16H21NO5/c1-21-10-11-22-13-7-5-12(6-8-13)15(18)17-9-3-2-4-14(17)16(19)20/h5-8,14H,2-4,9-11H2,1H3,(H,19,20). The van der Waals surface area contributed by atoms with Gasteiger partial charge in [0.15, 0.2) is 0 Å². The van der Waals surface area contributed by atoms with Gasteiger partial charge in [0.05, 0.1) is 6.61 Å². The van der Waals surface area contributed by atoms with E-state index in [2.05, 4.69) is 0 Å². The number of carboxylic acids is 1. The van der Waals surface area contributed by atoms with E-state index in [4.69, 9.17) is 9.47 Å². The van der Waals surface area contributed by atoms with Gasteiger partial charge in [-0.25, -0.2) is 4.79 Å². The van der Waals surface area contributed by atoms with Crippen LogP contribution in [0.5, 0.6) is 5.75 Å². The molecular weight excluding hydrogens is 286 g/mol. The Kier molecular flexibility index (Phi) is 5.77. The number of hydrogen-bond acceptors (Lipinski definition) is 4. The fourth-order valence-corrected chi connectivity index (χ4v) is 2.53. The van der Waals surface area contributed by atoms with Crippen molar-refractivity contribution < 1.29 is 24.2 Å². The predicted molar refractivity (Wildman–Crippen MR) is 80.1 cm³/mol. The SMILES string of the molecule is COCCOc1ccc(C(=O)N2CCCCC2C(=O)O)cc1. The Morgan fingerprint density at radius 2 is 1.95 bits per heavy atom. The van der Waals surface area contributed by atoms with Crippen LogP contribution < -0.4 is 4.74 Å². The maximum Gasteiger partial charge on any atom is 0.326 e. The molecule has 1 fully saturated rings. The Balaban J connectivity index is 2.03. The van der Waals surface area contributed by atoms with Crippen LogP contribution in [0, 0.1) is 0 Å². The second-order valence-corrected chi connectivity index (χ2v) is 5.21. The molecule has 1 aliphatic rings. The maximum absolute atomic E-state index is 12.5. The zero-order valence-corrected chi connectivity index (χ0v) is 12.7. The molecule has 6 nitrogen and oxygen atoms in total. The topological polar surface area (TPSA) is 76.1 Å². The van der Waals surface area contributed by atoms with Crippen LogP contribution in [0.1, 0.15) is 29.6 Å². The van der Waals surface area contributed by atoms with Gasteiger partial charge in [0.2, 0.25) is 0 Å². The quantitative estimate of drug-likeness (QED) is 0.811. The number of aliphatic carboxylic acids is 1. The minimum atomic E-state index is -0.937. The van der Waals surface area contributed by atoms with Crippen molar-refractivity contribution in [2.24, 2.45) is 0 Å². The van der Waals surface area contributed by atoms with E-state index < -0.39 is 12.0 Å². The summed E-state index contributed by atoms with van der Waals surface area (Å²) in [6.45, 7) is 1.42. The van der Waals surface area contributed by atoms with Gasteiger partial charge in [0.25, 0.3) is 5.91 Å². The zero-order valence-electron chi connectivity index (χ0n) is 12.7. The fourth-order valence-electron chi connectivity index (χ4n) is 2.53. The van der Waals surface area contributed by atoms with Crippen molar-refractivity contribution >= 4 is 11.9 Å². The minimum absolute atomic E-state index is 0.240. The second kappa shape index (κ2) is 7.79. The third-order valence-electron chi connectivity index (χ3n) is 3.71. The fraction of sp³-hybridized carbons (Fsp3) is 0.500. The number of methoxy groups -OCH3 is 1. The molecule has 1 amide bonds. The molecule has 0 saturated carbocycles. The first-order chi connectivity index (χ1) is 10.6. The number of amides is 1. The highest BCUT2D eigenvalue weighted by atomic mass is 16.5. The van der Waals surface area contributed by atoms with E-state index in [1.807, 2.05) is 0 Å². The molecule has 1 heterocycles. The Morgan fingerprint density at radius 3 is 2.59 bits per heavy atom. The summed E-state index contributed by atoms with van der Waals surface area (Å²) in [6, 6.07) is 6.03. The molecule has 1 aliphatic heterocycles. The molecule has 0 bridgehead atoms. The van der Waals surface area contributed by atoms with Crippen molar-refractivity contribution in [2.45, 2.75) is 25.3 Å². The molecule has 22 heavy (non-hydrogen) atoms. The van der Waals surface area contributed by atoms with Crippen LogP contribution in [0.25, 0.3) is 0 Å². The molecule has 6 heteroatoms. The molecule has 120 valence electrons. The van der Waals surface area contributed by atoms with E-state index in [-0.39, 0.29) is 5.91 Å². The Labute approximate surface area is 129 Å². The van der Waals surface area contributed by atoms with Gasteiger partial charge in [0.1, 0.15) is 18.4 Å². The number of piperidine rings is 1. The normalized spacial score (nSPS) is 18.0. The molecule has 2 rings (SSSR count). The lowest BCUT2D eigenvalue weighted by Crippen LogP contribution is -2.47. The molecule has 1 N–H and O–H groups in total. The summed E-state index contributed by atoms with van der Waals surface area (Å²) in [7, 11) is 1.60. The van der Waals surface area contributed by atoms with Gasteiger partial charge < -0.3 is 19.5 Å². The van der Waals surface area contributed by atoms with Gasteiger partial charge in [-0.1, -0.05) is 0 Å². The monoisotopic (exact) mass is 307 g/mol. The van der Waals surface area contributed by atoms with Crippen LogP contribution in [-0.2, 0) is 9.53 Å². The summed E-state index contributed by atoms with van der Waals surface area (Å²) in [5.74, 6) is -0.523. The number of benzene rings is 1. The first-order valence-corrected chi connectivity index (χ1v) is 7.39. The largest absolute Gasteiger partial charge is 0.491 e. The van der Waals surface area contributed by atoms with E-state index in [9.17, 15) is 14.7 Å². The van der Waals surface area contributed by atoms with E-state index in [0.29, 0.717) is 37.5 Å². The summed E-state index contributed by atoms with van der Waals surface area (Å²) >= 11 is 0. The van der Waals surface area contributed by atoms with E-state index in [0.717, 1.165) is 12.8 Å². The number of hydrogen-bond donors (Lipinski definition) is 1. The molecule has 1 aromatic carbocycles. The number of carbonyl (C=O) groups is 2. The van der Waals surface area contributed by atoms with Crippen molar-refractivity contribution in [2.75, 3.05) is 26.9 Å². The number of carboxylic acid groups (broad SMARTS) is 1. The molecule has 1 saturated heterocycles. The molecule has 0 aromatic heterocycles. The van der Waals surface area contributed by atoms with Crippen molar-refractivity contribution in [3.63, 3.8) is 0 Å². The van der Waals surface area contributed by atoms with E-state index in [1.165, 1.54) is 4.90 Å². The van der Waals surface area contributed by atoms with Crippen LogP contribution in [0.3, 0.4) is 0 Å². The van der Waals surface area contributed by atoms with Gasteiger partial charge in [-0.15, -0.1) is 0 Å². The zero-order chi connectivity index (χ0) is 15.9. The van der Waals surface area contributed by atoms with Gasteiger partial charge in [-0.05, 0) is 43.5 Å². The van der Waals surface area contributed by atoms with E-state index >= 15 is 0 Å². The molecule has 1 atom stereocenters. The summed E-state index contributed by atoms with van der Waals surface area (Å²) < 4.78 is 10.3. The molecule has 0 radical (unpaired) electrons. The number of carbonyl (C=O) groups excluding carboxylic acids is 1. The number of rotatable bonds is 6. The number of ether oxygens (including phenoxy) is 2. The third-order valence-corrected chi connectivity index (χ3v) is 3.71. The van der Waals surface area contributed by atoms with Crippen LogP contribution in [0.4, 0.5) is 0 Å². The summed E-state index contributed by atoms with van der Waals surface area (Å²) in [6.07, 6.45) is 2.19. The molecule has 0 spiro atoms. The summed E-state index contributed by atoms with van der Waals surface area (Å²) in [5.41, 5.74) is 0.479. The highest BCUT2D eigenvalue weighted by Gasteiger charge is 2.32. The van der Waals surface area contributed by atoms with E-state index in [1.54, 1.807) is 31.4 Å². The number of likely N-dealkylation sites (tertiary alicyclic amines) is 1. The average Bonchev–Trinajstić information content (AvgIpc) is 2.55. The van der Waals surface area contributed by atoms with Gasteiger partial charge in [-0.3, -0.25) is 4.79 Å². The Bertz CT molecular complexity index is 514. The second-order valence-electron chi connectivity index (χ2n) is 5.21. The first-order valence-electron chi connectivity index (χ1n) is 7.39. The lowest BCUT2D eigenvalue weighted by atomic mass is 10.0. The van der Waals surface area contributed by atoms with Crippen molar-refractivity contribution in [3.8, 4) is 5.75 Å². The maximum atomic E-state index is 12.5. The van der Waals surface area contributed by atoms with Crippen LogP contribution in [0.15, 0.2) is 24.3 Å². The van der Waals surface area contributed by atoms with Crippen molar-refractivity contribution in [1.29, 1.82) is 0 Å². The molecular formula is C16H21NO5. The minimum Gasteiger partial charge on any atom is -0.491 e. The smallest absolute Gasteiger partial charge is 0.326 e. The highest BCUT2D eigenvalue weighted by molar-refractivity contribution is 5.96. The molecule has 1 aromatic rings. The molecule has 1 unspecified atom stereocenters. The molecule has 0 aliphatic carbocycles. The van der Waals surface area contributed by atoms with Crippen molar-refractivity contribution in [3.05, 3.63) is 29.8 Å².